The minimum atomic E-state index is -0.690. The lowest BCUT2D eigenvalue weighted by Gasteiger charge is -2.34. The number of carbonyl (C=O) groups excluding carboxylic acids is 1. The predicted molar refractivity (Wildman–Crippen MR) is 105 cm³/mol. The quantitative estimate of drug-likeness (QED) is 0.785. The van der Waals surface area contributed by atoms with Crippen molar-refractivity contribution in [3.63, 3.8) is 0 Å². The molecule has 1 atom stereocenters. The molecule has 1 saturated heterocycles. The summed E-state index contributed by atoms with van der Waals surface area (Å²) < 4.78 is 19.7. The third kappa shape index (κ3) is 4.99. The van der Waals surface area contributed by atoms with Crippen LogP contribution in [0, 0.1) is 5.82 Å². The highest BCUT2D eigenvalue weighted by Gasteiger charge is 2.30. The lowest BCUT2D eigenvalue weighted by Crippen LogP contribution is -2.46. The van der Waals surface area contributed by atoms with Gasteiger partial charge in [0.1, 0.15) is 11.9 Å². The average molecular weight is 411 g/mol. The maximum atomic E-state index is 14.4. The Morgan fingerprint density at radius 1 is 1.15 bits per heavy atom. The van der Waals surface area contributed by atoms with Gasteiger partial charge in [-0.15, -0.1) is 0 Å². The van der Waals surface area contributed by atoms with Gasteiger partial charge in [-0.05, 0) is 24.1 Å². The molecule has 1 aliphatic rings. The molecule has 0 aromatic heterocycles. The molecular formula is C20H21Cl2FN2O2. The number of nitrogens with one attached hydrogen (secondary N) is 1. The van der Waals surface area contributed by atoms with Crippen molar-refractivity contribution in [3.8, 4) is 0 Å². The number of benzene rings is 2. The first-order valence-electron chi connectivity index (χ1n) is 8.84. The van der Waals surface area contributed by atoms with Gasteiger partial charge in [-0.3, -0.25) is 9.69 Å². The molecule has 0 aliphatic carbocycles. The van der Waals surface area contributed by atoms with Crippen LogP contribution in [-0.4, -0.2) is 43.7 Å². The molecule has 1 heterocycles. The van der Waals surface area contributed by atoms with Crippen molar-refractivity contribution in [1.82, 2.24) is 10.2 Å². The molecule has 0 spiro atoms. The van der Waals surface area contributed by atoms with Crippen LogP contribution >= 0.6 is 23.2 Å². The van der Waals surface area contributed by atoms with Gasteiger partial charge in [0.2, 0.25) is 5.91 Å². The summed E-state index contributed by atoms with van der Waals surface area (Å²) in [5.74, 6) is -0.623. The van der Waals surface area contributed by atoms with Gasteiger partial charge in [0.25, 0.3) is 0 Å². The van der Waals surface area contributed by atoms with Crippen molar-refractivity contribution < 1.29 is 13.9 Å². The maximum Gasteiger partial charge on any atom is 0.242 e. The number of carbonyl (C=O) groups is 1. The third-order valence-corrected chi connectivity index (χ3v) is 5.44. The fraction of sp³-hybridized carbons (Fsp3) is 0.350. The number of hydrogen-bond donors (Lipinski definition) is 1. The van der Waals surface area contributed by atoms with E-state index in [1.807, 2.05) is 17.0 Å². The van der Waals surface area contributed by atoms with E-state index < -0.39 is 6.04 Å². The lowest BCUT2D eigenvalue weighted by molar-refractivity contribution is -0.128. The molecule has 0 bridgehead atoms. The maximum absolute atomic E-state index is 14.4. The minimum absolute atomic E-state index is 0.236. The predicted octanol–water partition coefficient (Wildman–Crippen LogP) is 3.86. The van der Waals surface area contributed by atoms with E-state index in [2.05, 4.69) is 5.32 Å². The standard InChI is InChI=1S/C20H21Cl2FN2O2/c21-16-6-3-4-14(18(16)22)8-9-24-20(26)19(25-10-12-27-13-11-25)15-5-1-2-7-17(15)23/h1-7,19H,8-13H2,(H,24,26)/t19-/m0/s1. The van der Waals surface area contributed by atoms with Crippen molar-refractivity contribution in [3.05, 3.63) is 69.5 Å². The number of amides is 1. The summed E-state index contributed by atoms with van der Waals surface area (Å²) in [7, 11) is 0. The van der Waals surface area contributed by atoms with Crippen LogP contribution in [0.25, 0.3) is 0 Å². The Bertz CT molecular complexity index is 797. The summed E-state index contributed by atoms with van der Waals surface area (Å²) in [6.45, 7) is 2.58. The molecule has 1 N–H and O–H groups in total. The van der Waals surface area contributed by atoms with E-state index in [1.54, 1.807) is 24.3 Å². The molecule has 0 radical (unpaired) electrons. The smallest absolute Gasteiger partial charge is 0.242 e. The van der Waals surface area contributed by atoms with Crippen LogP contribution in [0.2, 0.25) is 10.0 Å². The van der Waals surface area contributed by atoms with Crippen LogP contribution in [0.4, 0.5) is 4.39 Å². The summed E-state index contributed by atoms with van der Waals surface area (Å²) in [6, 6.07) is 11.1. The van der Waals surface area contributed by atoms with E-state index >= 15 is 0 Å². The Morgan fingerprint density at radius 2 is 1.89 bits per heavy atom. The molecule has 144 valence electrons. The lowest BCUT2D eigenvalue weighted by atomic mass is 10.0. The minimum Gasteiger partial charge on any atom is -0.379 e. The van der Waals surface area contributed by atoms with Gasteiger partial charge >= 0.3 is 0 Å². The summed E-state index contributed by atoms with van der Waals surface area (Å²) in [4.78, 5) is 14.9. The fourth-order valence-electron chi connectivity index (χ4n) is 3.19. The molecule has 1 fully saturated rings. The number of nitrogens with zero attached hydrogens (tertiary/aromatic N) is 1. The average Bonchev–Trinajstić information content (AvgIpc) is 2.68. The summed E-state index contributed by atoms with van der Waals surface area (Å²) >= 11 is 12.2. The first-order chi connectivity index (χ1) is 13.1. The van der Waals surface area contributed by atoms with Crippen molar-refractivity contribution >= 4 is 29.1 Å². The van der Waals surface area contributed by atoms with E-state index in [9.17, 15) is 9.18 Å². The molecule has 7 heteroatoms. The van der Waals surface area contributed by atoms with Crippen molar-refractivity contribution in [2.75, 3.05) is 32.8 Å². The number of rotatable bonds is 6. The summed E-state index contributed by atoms with van der Waals surface area (Å²) in [5.41, 5.74) is 1.23. The molecule has 0 saturated carbocycles. The Labute approximate surface area is 168 Å². The molecule has 1 amide bonds. The summed E-state index contributed by atoms with van der Waals surface area (Å²) in [6.07, 6.45) is 0.540. The highest BCUT2D eigenvalue weighted by Crippen LogP contribution is 2.26. The van der Waals surface area contributed by atoms with Crippen LogP contribution in [-0.2, 0) is 16.0 Å². The monoisotopic (exact) mass is 410 g/mol. The van der Waals surface area contributed by atoms with Crippen molar-refractivity contribution in [2.24, 2.45) is 0 Å². The van der Waals surface area contributed by atoms with Crippen LogP contribution in [0.1, 0.15) is 17.2 Å². The first-order valence-corrected chi connectivity index (χ1v) is 9.60. The highest BCUT2D eigenvalue weighted by atomic mass is 35.5. The molecule has 2 aromatic rings. The van der Waals surface area contributed by atoms with Gasteiger partial charge in [0.15, 0.2) is 0 Å². The fourth-order valence-corrected chi connectivity index (χ4v) is 3.61. The number of morpholine rings is 1. The molecule has 2 aromatic carbocycles. The van der Waals surface area contributed by atoms with E-state index in [4.69, 9.17) is 27.9 Å². The molecule has 3 rings (SSSR count). The first kappa shape index (κ1) is 20.1. The second-order valence-electron chi connectivity index (χ2n) is 6.33. The third-order valence-electron chi connectivity index (χ3n) is 4.58. The van der Waals surface area contributed by atoms with E-state index in [0.29, 0.717) is 54.9 Å². The van der Waals surface area contributed by atoms with Crippen LogP contribution in [0.15, 0.2) is 42.5 Å². The molecule has 0 unspecified atom stereocenters. The zero-order valence-corrected chi connectivity index (χ0v) is 16.3. The number of halogens is 3. The Morgan fingerprint density at radius 3 is 2.63 bits per heavy atom. The second kappa shape index (κ2) is 9.51. The molecule has 1 aliphatic heterocycles. The van der Waals surface area contributed by atoms with E-state index in [-0.39, 0.29) is 11.7 Å². The summed E-state index contributed by atoms with van der Waals surface area (Å²) in [5, 5.41) is 3.89. The Hall–Kier alpha value is -1.66. The normalized spacial score (nSPS) is 16.1. The van der Waals surface area contributed by atoms with Gasteiger partial charge in [-0.2, -0.15) is 0 Å². The van der Waals surface area contributed by atoms with E-state index in [0.717, 1.165) is 5.56 Å². The van der Waals surface area contributed by atoms with Gasteiger partial charge in [-0.1, -0.05) is 53.5 Å². The van der Waals surface area contributed by atoms with Crippen molar-refractivity contribution in [2.45, 2.75) is 12.5 Å². The van der Waals surface area contributed by atoms with Crippen LogP contribution < -0.4 is 5.32 Å². The molecule has 27 heavy (non-hydrogen) atoms. The Balaban J connectivity index is 1.71. The zero-order chi connectivity index (χ0) is 19.2. The van der Waals surface area contributed by atoms with Gasteiger partial charge in [0.05, 0.1) is 23.3 Å². The van der Waals surface area contributed by atoms with Crippen molar-refractivity contribution in [1.29, 1.82) is 0 Å². The molecule has 4 nitrogen and oxygen atoms in total. The largest absolute Gasteiger partial charge is 0.379 e. The molecular weight excluding hydrogens is 390 g/mol. The highest BCUT2D eigenvalue weighted by molar-refractivity contribution is 6.42. The Kier molecular flexibility index (Phi) is 7.07. The number of hydrogen-bond acceptors (Lipinski definition) is 3. The number of ether oxygens (including phenoxy) is 1. The second-order valence-corrected chi connectivity index (χ2v) is 7.11. The zero-order valence-electron chi connectivity index (χ0n) is 14.8. The van der Waals surface area contributed by atoms with Crippen LogP contribution in [0.3, 0.4) is 0 Å². The van der Waals surface area contributed by atoms with Gasteiger partial charge in [-0.25, -0.2) is 4.39 Å². The van der Waals surface area contributed by atoms with Gasteiger partial charge < -0.3 is 10.1 Å². The van der Waals surface area contributed by atoms with Crippen LogP contribution in [0.5, 0.6) is 0 Å². The van der Waals surface area contributed by atoms with Gasteiger partial charge in [0, 0.05) is 25.2 Å². The topological polar surface area (TPSA) is 41.6 Å². The van der Waals surface area contributed by atoms with E-state index in [1.165, 1.54) is 6.07 Å². The SMILES string of the molecule is O=C(NCCc1cccc(Cl)c1Cl)[C@H](c1ccccc1F)N1CCOCC1.